The van der Waals surface area contributed by atoms with Crippen LogP contribution in [0.2, 0.25) is 0 Å². The highest BCUT2D eigenvalue weighted by Crippen LogP contribution is 2.69. The van der Waals surface area contributed by atoms with Crippen molar-refractivity contribution in [1.29, 1.82) is 0 Å². The third-order valence-electron chi connectivity index (χ3n) is 4.15. The molecule has 0 N–H and O–H groups in total. The number of alkyl halides is 2. The Hall–Kier alpha value is 0.01000. The third-order valence-corrected chi connectivity index (χ3v) is 6.41. The van der Waals surface area contributed by atoms with Crippen molar-refractivity contribution in [3.63, 3.8) is 0 Å². The number of halogens is 2. The van der Waals surface area contributed by atoms with Gasteiger partial charge in [-0.1, -0.05) is 6.42 Å². The normalized spacial score (nSPS) is 32.1. The molecule has 0 saturated heterocycles. The predicted octanol–water partition coefficient (Wildman–Crippen LogP) is 4.28. The van der Waals surface area contributed by atoms with Crippen molar-refractivity contribution in [3.05, 3.63) is 0 Å². The van der Waals surface area contributed by atoms with Crippen LogP contribution in [0.5, 0.6) is 0 Å². The van der Waals surface area contributed by atoms with Gasteiger partial charge in [0.25, 0.3) is 0 Å². The molecule has 6 heteroatoms. The summed E-state index contributed by atoms with van der Waals surface area (Å²) in [5.41, 5.74) is -3.35. The maximum Gasteiger partial charge on any atom is 0.399 e. The van der Waals surface area contributed by atoms with Gasteiger partial charge < -0.3 is 9.05 Å². The second kappa shape index (κ2) is 5.18. The van der Waals surface area contributed by atoms with E-state index in [-0.39, 0.29) is 19.1 Å². The molecule has 18 heavy (non-hydrogen) atoms. The van der Waals surface area contributed by atoms with E-state index in [1.807, 2.05) is 0 Å². The second-order valence-corrected chi connectivity index (χ2v) is 7.31. The Kier molecular flexibility index (Phi) is 4.15. The molecule has 2 rings (SSSR count). The van der Waals surface area contributed by atoms with E-state index in [1.165, 1.54) is 0 Å². The zero-order valence-corrected chi connectivity index (χ0v) is 11.8. The molecular formula is C12H21F2O3P. The van der Waals surface area contributed by atoms with Gasteiger partial charge in [0.05, 0.1) is 13.2 Å². The quantitative estimate of drug-likeness (QED) is 0.682. The number of hydrogen-bond donors (Lipinski definition) is 0. The smallest absolute Gasteiger partial charge is 0.305 e. The van der Waals surface area contributed by atoms with Crippen molar-refractivity contribution in [2.24, 2.45) is 17.8 Å². The standard InChI is InChI=1S/C12H21F2O3P/c1-3-16-18(15,17-4-2)12(13,14)11-8-9-5-6-10(11)7-9/h9-11H,3-8H2,1-2H3/t9-,10+,11+/m0/s1. The van der Waals surface area contributed by atoms with Gasteiger partial charge in [-0.05, 0) is 44.9 Å². The third kappa shape index (κ3) is 2.25. The van der Waals surface area contributed by atoms with Crippen molar-refractivity contribution in [2.45, 2.75) is 45.2 Å². The Balaban J connectivity index is 2.19. The molecule has 2 aliphatic rings. The number of rotatable bonds is 6. The Bertz CT molecular complexity index is 338. The summed E-state index contributed by atoms with van der Waals surface area (Å²) in [4.78, 5) is 0. The molecule has 2 fully saturated rings. The molecule has 0 heterocycles. The largest absolute Gasteiger partial charge is 0.399 e. The highest BCUT2D eigenvalue weighted by molar-refractivity contribution is 7.55. The minimum atomic E-state index is -4.33. The summed E-state index contributed by atoms with van der Waals surface area (Å²) in [5.74, 6) is -0.470. The van der Waals surface area contributed by atoms with Crippen LogP contribution >= 0.6 is 7.60 Å². The molecule has 0 aromatic carbocycles. The zero-order valence-electron chi connectivity index (χ0n) is 10.9. The Morgan fingerprint density at radius 2 is 1.78 bits per heavy atom. The molecule has 2 saturated carbocycles. The van der Waals surface area contributed by atoms with Gasteiger partial charge in [0.15, 0.2) is 0 Å². The Labute approximate surface area is 107 Å². The average molecular weight is 282 g/mol. The molecule has 106 valence electrons. The summed E-state index contributed by atoms with van der Waals surface area (Å²) >= 11 is 0. The Morgan fingerprint density at radius 1 is 1.17 bits per heavy atom. The fourth-order valence-electron chi connectivity index (χ4n) is 3.42. The molecule has 3 atom stereocenters. The summed E-state index contributed by atoms with van der Waals surface area (Å²) in [6, 6.07) is 0. The van der Waals surface area contributed by atoms with Crippen LogP contribution in [0.3, 0.4) is 0 Å². The lowest BCUT2D eigenvalue weighted by Crippen LogP contribution is -2.34. The van der Waals surface area contributed by atoms with Gasteiger partial charge in [0.1, 0.15) is 0 Å². The molecule has 2 aliphatic carbocycles. The van der Waals surface area contributed by atoms with Crippen molar-refractivity contribution in [3.8, 4) is 0 Å². The van der Waals surface area contributed by atoms with Gasteiger partial charge in [-0.3, -0.25) is 4.57 Å². The molecule has 0 spiro atoms. The average Bonchev–Trinajstić information content (AvgIpc) is 2.91. The lowest BCUT2D eigenvalue weighted by molar-refractivity contribution is -0.0325. The summed E-state index contributed by atoms with van der Waals surface area (Å²) in [5, 5.41) is 0. The van der Waals surface area contributed by atoms with Crippen molar-refractivity contribution in [1.82, 2.24) is 0 Å². The fourth-order valence-corrected chi connectivity index (χ4v) is 5.24. The molecule has 0 amide bonds. The molecule has 0 aromatic rings. The first-order chi connectivity index (χ1) is 8.44. The van der Waals surface area contributed by atoms with E-state index < -0.39 is 19.2 Å². The van der Waals surface area contributed by atoms with Crippen LogP contribution in [0, 0.1) is 17.8 Å². The highest BCUT2D eigenvalue weighted by atomic mass is 31.2. The van der Waals surface area contributed by atoms with Gasteiger partial charge in [-0.15, -0.1) is 0 Å². The molecule has 0 aromatic heterocycles. The molecule has 3 nitrogen and oxygen atoms in total. The lowest BCUT2D eigenvalue weighted by Gasteiger charge is -2.34. The van der Waals surface area contributed by atoms with Crippen molar-refractivity contribution < 1.29 is 22.4 Å². The minimum absolute atomic E-state index is 0.0146. The first-order valence-corrected chi connectivity index (χ1v) is 8.26. The monoisotopic (exact) mass is 282 g/mol. The van der Waals surface area contributed by atoms with Crippen LogP contribution < -0.4 is 0 Å². The van der Waals surface area contributed by atoms with E-state index >= 15 is 0 Å². The van der Waals surface area contributed by atoms with E-state index in [0.717, 1.165) is 19.3 Å². The molecule has 0 aliphatic heterocycles. The molecule has 0 radical (unpaired) electrons. The fraction of sp³-hybridized carbons (Fsp3) is 1.00. The minimum Gasteiger partial charge on any atom is -0.305 e. The highest BCUT2D eigenvalue weighted by Gasteiger charge is 2.63. The van der Waals surface area contributed by atoms with Crippen LogP contribution in [-0.4, -0.2) is 18.9 Å². The van der Waals surface area contributed by atoms with E-state index in [4.69, 9.17) is 9.05 Å². The Morgan fingerprint density at radius 3 is 2.17 bits per heavy atom. The lowest BCUT2D eigenvalue weighted by atomic mass is 9.89. The summed E-state index contributed by atoms with van der Waals surface area (Å²) < 4.78 is 51.0. The van der Waals surface area contributed by atoms with E-state index in [9.17, 15) is 13.3 Å². The maximum absolute atomic E-state index is 14.5. The maximum atomic E-state index is 14.5. The summed E-state index contributed by atoms with van der Waals surface area (Å²) in [7, 11) is -4.33. The summed E-state index contributed by atoms with van der Waals surface area (Å²) in [6.45, 7) is 3.08. The zero-order chi connectivity index (χ0) is 13.4. The van der Waals surface area contributed by atoms with Crippen LogP contribution in [0.4, 0.5) is 8.78 Å². The van der Waals surface area contributed by atoms with Gasteiger partial charge in [0, 0.05) is 5.92 Å². The predicted molar refractivity (Wildman–Crippen MR) is 64.7 cm³/mol. The van der Waals surface area contributed by atoms with E-state index in [0.29, 0.717) is 12.3 Å². The first-order valence-electron chi connectivity index (χ1n) is 6.71. The van der Waals surface area contributed by atoms with Gasteiger partial charge in [0.2, 0.25) is 0 Å². The van der Waals surface area contributed by atoms with Gasteiger partial charge >= 0.3 is 13.3 Å². The topological polar surface area (TPSA) is 35.5 Å². The van der Waals surface area contributed by atoms with E-state index in [1.54, 1.807) is 13.8 Å². The van der Waals surface area contributed by atoms with Crippen LogP contribution in [0.25, 0.3) is 0 Å². The number of hydrogen-bond acceptors (Lipinski definition) is 3. The number of fused-ring (bicyclic) bond motifs is 2. The SMILES string of the molecule is CCOP(=O)(OCC)C(F)(F)[C@@H]1C[C@H]2CC[C@@H]1C2. The van der Waals surface area contributed by atoms with Gasteiger partial charge in [-0.25, -0.2) is 0 Å². The van der Waals surface area contributed by atoms with Crippen molar-refractivity contribution >= 4 is 7.60 Å². The van der Waals surface area contributed by atoms with E-state index in [2.05, 4.69) is 0 Å². The van der Waals surface area contributed by atoms with Crippen LogP contribution in [0.15, 0.2) is 0 Å². The van der Waals surface area contributed by atoms with Gasteiger partial charge in [-0.2, -0.15) is 8.78 Å². The molecule has 0 unspecified atom stereocenters. The van der Waals surface area contributed by atoms with Crippen molar-refractivity contribution in [2.75, 3.05) is 13.2 Å². The second-order valence-electron chi connectivity index (χ2n) is 5.20. The molecular weight excluding hydrogens is 261 g/mol. The first kappa shape index (κ1) is 14.4. The van der Waals surface area contributed by atoms with Crippen LogP contribution in [-0.2, 0) is 13.6 Å². The summed E-state index contributed by atoms with van der Waals surface area (Å²) in [6.07, 6.45) is 3.16. The molecule has 2 bridgehead atoms. The van der Waals surface area contributed by atoms with Crippen LogP contribution in [0.1, 0.15) is 39.5 Å².